The summed E-state index contributed by atoms with van der Waals surface area (Å²) < 4.78 is 44.2. The highest BCUT2D eigenvalue weighted by molar-refractivity contribution is 7.89. The second kappa shape index (κ2) is 8.68. The van der Waals surface area contributed by atoms with Gasteiger partial charge in [0.2, 0.25) is 21.8 Å². The predicted molar refractivity (Wildman–Crippen MR) is 115 cm³/mol. The van der Waals surface area contributed by atoms with Gasteiger partial charge in [-0.1, -0.05) is 18.2 Å². The molecule has 0 aliphatic carbocycles. The number of methoxy groups -OCH3 is 2. The van der Waals surface area contributed by atoms with Gasteiger partial charge >= 0.3 is 0 Å². The SMILES string of the molecule is COc1ccc(S(=O)(=O)N2CCC(c3nnc(-c4ccccc4C)o3)CC2)c(OC)c1. The van der Waals surface area contributed by atoms with Gasteiger partial charge < -0.3 is 13.9 Å². The number of hydrogen-bond donors (Lipinski definition) is 0. The van der Waals surface area contributed by atoms with E-state index in [2.05, 4.69) is 10.2 Å². The van der Waals surface area contributed by atoms with Gasteiger partial charge in [0, 0.05) is 30.6 Å². The van der Waals surface area contributed by atoms with Gasteiger partial charge in [0.1, 0.15) is 16.4 Å². The molecule has 0 N–H and O–H groups in total. The summed E-state index contributed by atoms with van der Waals surface area (Å²) >= 11 is 0. The molecule has 0 bridgehead atoms. The Morgan fingerprint density at radius 1 is 1.03 bits per heavy atom. The highest BCUT2D eigenvalue weighted by atomic mass is 32.2. The van der Waals surface area contributed by atoms with Crippen LogP contribution >= 0.6 is 0 Å². The fourth-order valence-corrected chi connectivity index (χ4v) is 5.40. The lowest BCUT2D eigenvalue weighted by molar-refractivity contribution is 0.290. The van der Waals surface area contributed by atoms with Gasteiger partial charge in [-0.15, -0.1) is 10.2 Å². The number of rotatable bonds is 6. The van der Waals surface area contributed by atoms with E-state index < -0.39 is 10.0 Å². The molecule has 0 radical (unpaired) electrons. The standard InChI is InChI=1S/C22H25N3O5S/c1-15-6-4-5-7-18(15)22-24-23-21(30-22)16-10-12-25(13-11-16)31(26,27)20-9-8-17(28-2)14-19(20)29-3/h4-9,14,16H,10-13H2,1-3H3. The van der Waals surface area contributed by atoms with Crippen molar-refractivity contribution in [1.82, 2.24) is 14.5 Å². The maximum absolute atomic E-state index is 13.2. The fraction of sp³-hybridized carbons (Fsp3) is 0.364. The Morgan fingerprint density at radius 3 is 2.45 bits per heavy atom. The third kappa shape index (κ3) is 4.15. The van der Waals surface area contributed by atoms with Gasteiger partial charge in [0.05, 0.1) is 14.2 Å². The zero-order valence-corrected chi connectivity index (χ0v) is 18.6. The molecule has 1 aromatic heterocycles. The monoisotopic (exact) mass is 443 g/mol. The molecule has 0 spiro atoms. The van der Waals surface area contributed by atoms with Crippen LogP contribution in [-0.2, 0) is 10.0 Å². The Morgan fingerprint density at radius 2 is 1.77 bits per heavy atom. The van der Waals surface area contributed by atoms with Crippen molar-refractivity contribution in [2.24, 2.45) is 0 Å². The number of sulfonamides is 1. The first kappa shape index (κ1) is 21.3. The smallest absolute Gasteiger partial charge is 0.248 e. The van der Waals surface area contributed by atoms with Gasteiger partial charge in [-0.2, -0.15) is 4.31 Å². The molecule has 9 heteroatoms. The third-order valence-corrected chi connectivity index (χ3v) is 7.55. The van der Waals surface area contributed by atoms with E-state index in [1.807, 2.05) is 31.2 Å². The summed E-state index contributed by atoms with van der Waals surface area (Å²) in [5, 5.41) is 8.43. The fourth-order valence-electron chi connectivity index (χ4n) is 3.79. The van der Waals surface area contributed by atoms with Crippen molar-refractivity contribution in [3.05, 3.63) is 53.9 Å². The summed E-state index contributed by atoms with van der Waals surface area (Å²) in [6.45, 7) is 2.73. The maximum atomic E-state index is 13.2. The molecular weight excluding hydrogens is 418 g/mol. The molecule has 4 rings (SSSR count). The summed E-state index contributed by atoms with van der Waals surface area (Å²) in [7, 11) is -0.723. The Hall–Kier alpha value is -2.91. The molecule has 3 aromatic rings. The molecule has 2 heterocycles. The van der Waals surface area contributed by atoms with Crippen molar-refractivity contribution < 1.29 is 22.3 Å². The zero-order valence-electron chi connectivity index (χ0n) is 17.7. The average molecular weight is 444 g/mol. The second-order valence-electron chi connectivity index (χ2n) is 7.46. The molecule has 2 aromatic carbocycles. The Balaban J connectivity index is 1.48. The topological polar surface area (TPSA) is 94.8 Å². The van der Waals surface area contributed by atoms with E-state index in [9.17, 15) is 8.42 Å². The summed E-state index contributed by atoms with van der Waals surface area (Å²) in [6, 6.07) is 12.6. The Kier molecular flexibility index (Phi) is 5.97. The lowest BCUT2D eigenvalue weighted by Gasteiger charge is -2.30. The van der Waals surface area contributed by atoms with Gasteiger partial charge in [-0.05, 0) is 43.5 Å². The number of aromatic nitrogens is 2. The summed E-state index contributed by atoms with van der Waals surface area (Å²) in [6.07, 6.45) is 1.21. The molecule has 164 valence electrons. The van der Waals surface area contributed by atoms with Crippen LogP contribution in [0.1, 0.15) is 30.2 Å². The molecule has 1 saturated heterocycles. The van der Waals surface area contributed by atoms with E-state index in [1.54, 1.807) is 12.1 Å². The predicted octanol–water partition coefficient (Wildman–Crippen LogP) is 3.63. The summed E-state index contributed by atoms with van der Waals surface area (Å²) in [5.74, 6) is 1.87. The number of nitrogens with zero attached hydrogens (tertiary/aromatic N) is 3. The van der Waals surface area contributed by atoms with Gasteiger partial charge in [-0.3, -0.25) is 0 Å². The van der Waals surface area contributed by atoms with Crippen molar-refractivity contribution in [2.45, 2.75) is 30.6 Å². The second-order valence-corrected chi connectivity index (χ2v) is 9.36. The molecule has 0 amide bonds. The molecule has 8 nitrogen and oxygen atoms in total. The molecule has 1 fully saturated rings. The van der Waals surface area contributed by atoms with Gasteiger partial charge in [0.25, 0.3) is 0 Å². The molecule has 31 heavy (non-hydrogen) atoms. The molecule has 0 unspecified atom stereocenters. The zero-order chi connectivity index (χ0) is 22.0. The largest absolute Gasteiger partial charge is 0.497 e. The number of benzene rings is 2. The van der Waals surface area contributed by atoms with E-state index in [4.69, 9.17) is 13.9 Å². The lowest BCUT2D eigenvalue weighted by atomic mass is 9.98. The van der Waals surface area contributed by atoms with Crippen LogP contribution in [0.15, 0.2) is 51.8 Å². The quantitative estimate of drug-likeness (QED) is 0.574. The normalized spacial score (nSPS) is 15.7. The number of piperidine rings is 1. The van der Waals surface area contributed by atoms with Crippen LogP contribution in [0.25, 0.3) is 11.5 Å². The van der Waals surface area contributed by atoms with Crippen LogP contribution in [0.3, 0.4) is 0 Å². The summed E-state index contributed by atoms with van der Waals surface area (Å²) in [5.41, 5.74) is 1.97. The number of ether oxygens (including phenoxy) is 2. The maximum Gasteiger partial charge on any atom is 0.248 e. The van der Waals surface area contributed by atoms with E-state index in [-0.39, 0.29) is 16.6 Å². The van der Waals surface area contributed by atoms with E-state index in [1.165, 1.54) is 24.6 Å². The van der Waals surface area contributed by atoms with E-state index in [0.29, 0.717) is 43.5 Å². The molecule has 0 atom stereocenters. The molecule has 0 saturated carbocycles. The summed E-state index contributed by atoms with van der Waals surface area (Å²) in [4.78, 5) is 0.133. The first-order valence-electron chi connectivity index (χ1n) is 10.1. The van der Waals surface area contributed by atoms with Crippen molar-refractivity contribution in [3.63, 3.8) is 0 Å². The Labute approximate surface area is 181 Å². The first-order valence-corrected chi connectivity index (χ1v) is 11.5. The van der Waals surface area contributed by atoms with Crippen LogP contribution in [0.5, 0.6) is 11.5 Å². The van der Waals surface area contributed by atoms with Gasteiger partial charge in [-0.25, -0.2) is 8.42 Å². The van der Waals surface area contributed by atoms with Gasteiger partial charge in [0.15, 0.2) is 0 Å². The number of hydrogen-bond acceptors (Lipinski definition) is 7. The first-order chi connectivity index (χ1) is 14.9. The molecule has 1 aliphatic heterocycles. The highest BCUT2D eigenvalue weighted by Crippen LogP contribution is 2.35. The van der Waals surface area contributed by atoms with E-state index >= 15 is 0 Å². The van der Waals surface area contributed by atoms with Crippen LogP contribution in [0, 0.1) is 6.92 Å². The minimum atomic E-state index is -3.69. The molecule has 1 aliphatic rings. The number of aryl methyl sites for hydroxylation is 1. The highest BCUT2D eigenvalue weighted by Gasteiger charge is 2.34. The van der Waals surface area contributed by atoms with Crippen molar-refractivity contribution in [3.8, 4) is 23.0 Å². The van der Waals surface area contributed by atoms with Crippen LogP contribution in [0.4, 0.5) is 0 Å². The van der Waals surface area contributed by atoms with Crippen LogP contribution in [0.2, 0.25) is 0 Å². The average Bonchev–Trinajstić information content (AvgIpc) is 3.29. The van der Waals surface area contributed by atoms with Crippen LogP contribution in [-0.4, -0.2) is 50.2 Å². The van der Waals surface area contributed by atoms with E-state index in [0.717, 1.165) is 11.1 Å². The van der Waals surface area contributed by atoms with Crippen molar-refractivity contribution >= 4 is 10.0 Å². The minimum absolute atomic E-state index is 0.0227. The lowest BCUT2D eigenvalue weighted by Crippen LogP contribution is -2.38. The van der Waals surface area contributed by atoms with Crippen molar-refractivity contribution in [1.29, 1.82) is 0 Å². The Bertz CT molecular complexity index is 1170. The van der Waals surface area contributed by atoms with Crippen molar-refractivity contribution in [2.75, 3.05) is 27.3 Å². The third-order valence-electron chi connectivity index (χ3n) is 5.61. The van der Waals surface area contributed by atoms with Crippen LogP contribution < -0.4 is 9.47 Å². The molecular formula is C22H25N3O5S. The minimum Gasteiger partial charge on any atom is -0.497 e.